The van der Waals surface area contributed by atoms with Crippen LogP contribution in [0.4, 0.5) is 5.69 Å². The standard InChI is InChI=1S/C18H23N5O/c24-18(14-5-7-16(8-6-14)22-9-1-2-10-22)23-11-3-4-15(12-23)17-19-13-20-21-17/h5-8,13,15H,1-4,9-12H2,(H,19,20,21)/t15-/m1/s1. The Labute approximate surface area is 141 Å². The number of nitrogens with zero attached hydrogens (tertiary/aromatic N) is 4. The topological polar surface area (TPSA) is 65.1 Å². The third-order valence-electron chi connectivity index (χ3n) is 5.11. The maximum atomic E-state index is 12.8. The number of nitrogens with one attached hydrogen (secondary N) is 1. The number of amides is 1. The summed E-state index contributed by atoms with van der Waals surface area (Å²) in [5.41, 5.74) is 2.00. The zero-order chi connectivity index (χ0) is 16.4. The van der Waals surface area contributed by atoms with Gasteiger partial charge in [0, 0.05) is 43.3 Å². The van der Waals surface area contributed by atoms with Gasteiger partial charge in [-0.3, -0.25) is 9.89 Å². The van der Waals surface area contributed by atoms with E-state index in [0.29, 0.717) is 6.54 Å². The van der Waals surface area contributed by atoms with Crippen molar-refractivity contribution in [2.75, 3.05) is 31.1 Å². The summed E-state index contributed by atoms with van der Waals surface area (Å²) in [4.78, 5) is 21.4. The summed E-state index contributed by atoms with van der Waals surface area (Å²) in [7, 11) is 0. The maximum Gasteiger partial charge on any atom is 0.253 e. The van der Waals surface area contributed by atoms with Crippen LogP contribution in [-0.2, 0) is 0 Å². The van der Waals surface area contributed by atoms with E-state index in [1.807, 2.05) is 17.0 Å². The molecule has 6 heteroatoms. The average molecular weight is 325 g/mol. The molecule has 1 N–H and O–H groups in total. The van der Waals surface area contributed by atoms with Gasteiger partial charge in [0.15, 0.2) is 0 Å². The van der Waals surface area contributed by atoms with Crippen LogP contribution in [0.1, 0.15) is 47.8 Å². The van der Waals surface area contributed by atoms with E-state index in [9.17, 15) is 4.79 Å². The van der Waals surface area contributed by atoms with Crippen LogP contribution < -0.4 is 4.90 Å². The summed E-state index contributed by atoms with van der Waals surface area (Å²) in [5.74, 6) is 1.26. The number of piperidine rings is 1. The van der Waals surface area contributed by atoms with Crippen LogP contribution in [-0.4, -0.2) is 52.2 Å². The molecule has 0 radical (unpaired) electrons. The minimum absolute atomic E-state index is 0.118. The minimum Gasteiger partial charge on any atom is -0.372 e. The molecule has 2 aliphatic rings. The lowest BCUT2D eigenvalue weighted by molar-refractivity contribution is 0.0704. The highest BCUT2D eigenvalue weighted by molar-refractivity contribution is 5.94. The second-order valence-electron chi connectivity index (χ2n) is 6.70. The van der Waals surface area contributed by atoms with Crippen LogP contribution >= 0.6 is 0 Å². The highest BCUT2D eigenvalue weighted by atomic mass is 16.2. The first-order valence-electron chi connectivity index (χ1n) is 8.81. The lowest BCUT2D eigenvalue weighted by Gasteiger charge is -2.31. The highest BCUT2D eigenvalue weighted by Gasteiger charge is 2.27. The number of likely N-dealkylation sites (tertiary alicyclic amines) is 1. The van der Waals surface area contributed by atoms with Gasteiger partial charge < -0.3 is 9.80 Å². The summed E-state index contributed by atoms with van der Waals surface area (Å²) in [6, 6.07) is 8.09. The van der Waals surface area contributed by atoms with Gasteiger partial charge in [0.25, 0.3) is 5.91 Å². The first-order valence-corrected chi connectivity index (χ1v) is 8.81. The molecule has 0 spiro atoms. The summed E-state index contributed by atoms with van der Waals surface area (Å²) >= 11 is 0. The quantitative estimate of drug-likeness (QED) is 0.941. The molecule has 1 aromatic heterocycles. The largest absolute Gasteiger partial charge is 0.372 e. The van der Waals surface area contributed by atoms with E-state index in [1.54, 1.807) is 0 Å². The first kappa shape index (κ1) is 15.2. The summed E-state index contributed by atoms with van der Waals surface area (Å²) < 4.78 is 0. The summed E-state index contributed by atoms with van der Waals surface area (Å²) in [5, 5.41) is 6.87. The lowest BCUT2D eigenvalue weighted by atomic mass is 9.96. The molecule has 0 saturated carbocycles. The van der Waals surface area contributed by atoms with Gasteiger partial charge >= 0.3 is 0 Å². The van der Waals surface area contributed by atoms with Crippen LogP contribution in [0.25, 0.3) is 0 Å². The molecule has 24 heavy (non-hydrogen) atoms. The maximum absolute atomic E-state index is 12.8. The Hall–Kier alpha value is -2.37. The van der Waals surface area contributed by atoms with Gasteiger partial charge in [-0.05, 0) is 49.9 Å². The van der Waals surface area contributed by atoms with E-state index in [4.69, 9.17) is 0 Å². The Morgan fingerprint density at radius 3 is 2.58 bits per heavy atom. The Bertz CT molecular complexity index is 676. The van der Waals surface area contributed by atoms with Crippen molar-refractivity contribution < 1.29 is 4.79 Å². The number of hydrogen-bond donors (Lipinski definition) is 1. The van der Waals surface area contributed by atoms with Crippen molar-refractivity contribution in [1.29, 1.82) is 0 Å². The van der Waals surface area contributed by atoms with E-state index in [0.717, 1.165) is 43.9 Å². The molecule has 1 amide bonds. The van der Waals surface area contributed by atoms with Crippen LogP contribution in [0.2, 0.25) is 0 Å². The highest BCUT2D eigenvalue weighted by Crippen LogP contribution is 2.26. The fourth-order valence-corrected chi connectivity index (χ4v) is 3.77. The second kappa shape index (κ2) is 6.63. The zero-order valence-electron chi connectivity index (χ0n) is 13.8. The van der Waals surface area contributed by atoms with Gasteiger partial charge in [-0.1, -0.05) is 0 Å². The number of H-pyrrole nitrogens is 1. The number of anilines is 1. The number of aromatic nitrogens is 3. The molecule has 0 aliphatic carbocycles. The van der Waals surface area contributed by atoms with Crippen molar-refractivity contribution in [3.8, 4) is 0 Å². The van der Waals surface area contributed by atoms with Crippen LogP contribution in [0.3, 0.4) is 0 Å². The Kier molecular flexibility index (Phi) is 4.19. The summed E-state index contributed by atoms with van der Waals surface area (Å²) in [6.45, 7) is 3.77. The molecule has 2 saturated heterocycles. The number of rotatable bonds is 3. The molecular weight excluding hydrogens is 302 g/mol. The number of carbonyl (C=O) groups is 1. The van der Waals surface area contributed by atoms with E-state index in [2.05, 4.69) is 32.2 Å². The van der Waals surface area contributed by atoms with E-state index < -0.39 is 0 Å². The average Bonchev–Trinajstić information content (AvgIpc) is 3.35. The van der Waals surface area contributed by atoms with Crippen LogP contribution in [0.5, 0.6) is 0 Å². The molecule has 0 unspecified atom stereocenters. The van der Waals surface area contributed by atoms with Gasteiger partial charge in [0.05, 0.1) is 0 Å². The molecule has 1 atom stereocenters. The van der Waals surface area contributed by atoms with Gasteiger partial charge in [-0.2, -0.15) is 5.10 Å². The fourth-order valence-electron chi connectivity index (χ4n) is 3.77. The first-order chi connectivity index (χ1) is 11.8. The van der Waals surface area contributed by atoms with Gasteiger partial charge in [0.1, 0.15) is 12.2 Å². The molecule has 2 aliphatic heterocycles. The Morgan fingerprint density at radius 2 is 1.88 bits per heavy atom. The molecule has 3 heterocycles. The number of carbonyl (C=O) groups excluding carboxylic acids is 1. The number of aromatic amines is 1. The number of benzene rings is 1. The van der Waals surface area contributed by atoms with Crippen molar-refractivity contribution in [1.82, 2.24) is 20.1 Å². The van der Waals surface area contributed by atoms with Crippen molar-refractivity contribution in [3.63, 3.8) is 0 Å². The molecule has 0 bridgehead atoms. The van der Waals surface area contributed by atoms with Crippen molar-refractivity contribution in [3.05, 3.63) is 42.0 Å². The monoisotopic (exact) mass is 325 g/mol. The predicted octanol–water partition coefficient (Wildman–Crippen LogP) is 2.42. The van der Waals surface area contributed by atoms with Gasteiger partial charge in [-0.15, -0.1) is 0 Å². The fraction of sp³-hybridized carbons (Fsp3) is 0.500. The molecule has 1 aromatic carbocycles. The van der Waals surface area contributed by atoms with E-state index >= 15 is 0 Å². The third kappa shape index (κ3) is 3.00. The molecule has 2 fully saturated rings. The number of hydrogen-bond acceptors (Lipinski definition) is 4. The Balaban J connectivity index is 1.44. The van der Waals surface area contributed by atoms with Crippen LogP contribution in [0, 0.1) is 0 Å². The van der Waals surface area contributed by atoms with E-state index in [1.165, 1.54) is 24.9 Å². The molecule has 126 valence electrons. The lowest BCUT2D eigenvalue weighted by Crippen LogP contribution is -2.39. The minimum atomic E-state index is 0.118. The van der Waals surface area contributed by atoms with Crippen LogP contribution in [0.15, 0.2) is 30.6 Å². The molecule has 4 rings (SSSR count). The predicted molar refractivity (Wildman–Crippen MR) is 92.2 cm³/mol. The smallest absolute Gasteiger partial charge is 0.253 e. The normalized spacial score (nSPS) is 21.2. The molecule has 6 nitrogen and oxygen atoms in total. The zero-order valence-corrected chi connectivity index (χ0v) is 13.8. The SMILES string of the molecule is O=C(c1ccc(N2CCCC2)cc1)N1CCC[C@@H](c2ncn[nH]2)C1. The third-order valence-corrected chi connectivity index (χ3v) is 5.11. The van der Waals surface area contributed by atoms with Crippen molar-refractivity contribution in [2.24, 2.45) is 0 Å². The summed E-state index contributed by atoms with van der Waals surface area (Å²) in [6.07, 6.45) is 6.11. The van der Waals surface area contributed by atoms with Crippen molar-refractivity contribution >= 4 is 11.6 Å². The van der Waals surface area contributed by atoms with Gasteiger partial charge in [-0.25, -0.2) is 4.98 Å². The van der Waals surface area contributed by atoms with E-state index in [-0.39, 0.29) is 11.8 Å². The van der Waals surface area contributed by atoms with Gasteiger partial charge in [0.2, 0.25) is 0 Å². The molecule has 2 aromatic rings. The Morgan fingerprint density at radius 1 is 1.08 bits per heavy atom. The second-order valence-corrected chi connectivity index (χ2v) is 6.70. The van der Waals surface area contributed by atoms with Crippen molar-refractivity contribution in [2.45, 2.75) is 31.6 Å². The molecular formula is C18H23N5O.